The van der Waals surface area contributed by atoms with Gasteiger partial charge in [0, 0.05) is 17.8 Å². The number of hydrogen-bond acceptors (Lipinski definition) is 4. The van der Waals surface area contributed by atoms with Crippen LogP contribution in [-0.2, 0) is 9.59 Å². The van der Waals surface area contributed by atoms with Gasteiger partial charge in [-0.1, -0.05) is 45.1 Å². The van der Waals surface area contributed by atoms with Crippen molar-refractivity contribution >= 4 is 17.4 Å². The van der Waals surface area contributed by atoms with Crippen molar-refractivity contribution in [2.45, 2.75) is 45.9 Å². The number of anilines is 1. The van der Waals surface area contributed by atoms with Crippen LogP contribution in [0.25, 0.3) is 0 Å². The molecular formula is C25H31F3N2O3. The van der Waals surface area contributed by atoms with Crippen molar-refractivity contribution in [3.05, 3.63) is 48.1 Å². The smallest absolute Gasteiger partial charge is 0.416 e. The van der Waals surface area contributed by atoms with Crippen molar-refractivity contribution in [3.8, 4) is 5.75 Å². The normalized spacial score (nSPS) is 22.2. The molecule has 180 valence electrons. The molecule has 1 aromatic rings. The van der Waals surface area contributed by atoms with Gasteiger partial charge in [0.05, 0.1) is 17.8 Å². The number of nitrogens with one attached hydrogen (secondary N) is 1. The minimum atomic E-state index is -4.39. The molecule has 8 heteroatoms. The maximum absolute atomic E-state index is 12.9. The van der Waals surface area contributed by atoms with E-state index in [1.165, 1.54) is 6.08 Å². The molecule has 0 bridgehead atoms. The van der Waals surface area contributed by atoms with Gasteiger partial charge in [0.15, 0.2) is 0 Å². The van der Waals surface area contributed by atoms with Gasteiger partial charge in [-0.15, -0.1) is 0 Å². The summed E-state index contributed by atoms with van der Waals surface area (Å²) in [4.78, 5) is 26.9. The fraction of sp³-hybridized carbons (Fsp3) is 0.520. The Morgan fingerprint density at radius 1 is 1.18 bits per heavy atom. The number of likely N-dealkylation sites (tertiary alicyclic amines) is 1. The van der Waals surface area contributed by atoms with Gasteiger partial charge >= 0.3 is 6.18 Å². The number of halogens is 3. The molecule has 0 saturated carbocycles. The van der Waals surface area contributed by atoms with E-state index in [0.29, 0.717) is 43.9 Å². The third-order valence-corrected chi connectivity index (χ3v) is 6.14. The molecule has 1 heterocycles. The van der Waals surface area contributed by atoms with Crippen molar-refractivity contribution in [1.82, 2.24) is 4.90 Å². The van der Waals surface area contributed by atoms with Crippen LogP contribution in [-0.4, -0.2) is 48.5 Å². The number of carbonyl (C=O) groups is 2. The van der Waals surface area contributed by atoms with Crippen LogP contribution in [0.4, 0.5) is 18.9 Å². The van der Waals surface area contributed by atoms with Crippen LogP contribution in [0.2, 0.25) is 0 Å². The molecule has 0 spiro atoms. The zero-order chi connectivity index (χ0) is 24.2. The Bertz CT molecular complexity index is 916. The molecule has 5 nitrogen and oxygen atoms in total. The molecule has 0 aromatic heterocycles. The second-order valence-corrected chi connectivity index (χ2v) is 9.08. The highest BCUT2D eigenvalue weighted by molar-refractivity contribution is 5.94. The van der Waals surface area contributed by atoms with E-state index in [1.54, 1.807) is 31.2 Å². The number of ether oxygens (including phenoxy) is 1. The highest BCUT2D eigenvalue weighted by Crippen LogP contribution is 2.34. The van der Waals surface area contributed by atoms with Crippen LogP contribution in [0.15, 0.2) is 48.1 Å². The first-order valence-corrected chi connectivity index (χ1v) is 11.3. The number of hydrogen-bond donors (Lipinski definition) is 1. The van der Waals surface area contributed by atoms with Crippen molar-refractivity contribution in [3.63, 3.8) is 0 Å². The topological polar surface area (TPSA) is 58.6 Å². The molecule has 1 aliphatic heterocycles. The number of rotatable bonds is 7. The molecule has 1 saturated heterocycles. The third-order valence-electron chi connectivity index (χ3n) is 6.14. The zero-order valence-electron chi connectivity index (χ0n) is 19.2. The number of allylic oxidation sites excluding steroid dienone is 2. The van der Waals surface area contributed by atoms with Gasteiger partial charge in [-0.3, -0.25) is 14.5 Å². The summed E-state index contributed by atoms with van der Waals surface area (Å²) in [6.45, 7) is 7.23. The summed E-state index contributed by atoms with van der Waals surface area (Å²) in [5.41, 5.74) is -0.191. The number of nitrogens with zero attached hydrogens (tertiary/aromatic N) is 1. The standard InChI is InChI=1S/C25H31F3N2O3/c1-16(2)21(31)15-30-12-10-18(11-13-30)24(32)29-20-6-4-5-7-23(20)33-22-9-8-19(14-17(22)3)25(26,27)28/h4-9,14,16-18,22H,10-13,15H2,1-3H3,(H,29,32). The Kier molecular flexibility index (Phi) is 8.00. The van der Waals surface area contributed by atoms with E-state index in [9.17, 15) is 22.8 Å². The minimum Gasteiger partial charge on any atom is -0.484 e. The molecule has 1 aromatic carbocycles. The fourth-order valence-electron chi connectivity index (χ4n) is 3.95. The highest BCUT2D eigenvalue weighted by atomic mass is 19.4. The predicted octanol–water partition coefficient (Wildman–Crippen LogP) is 5.00. The lowest BCUT2D eigenvalue weighted by atomic mass is 9.94. The average Bonchev–Trinajstić information content (AvgIpc) is 2.76. The average molecular weight is 465 g/mol. The van der Waals surface area contributed by atoms with E-state index in [1.807, 2.05) is 13.8 Å². The summed E-state index contributed by atoms with van der Waals surface area (Å²) >= 11 is 0. The number of piperidine rings is 1. The van der Waals surface area contributed by atoms with E-state index in [-0.39, 0.29) is 23.5 Å². The van der Waals surface area contributed by atoms with E-state index in [4.69, 9.17) is 4.74 Å². The van der Waals surface area contributed by atoms with E-state index in [2.05, 4.69) is 10.2 Å². The Balaban J connectivity index is 1.58. The monoisotopic (exact) mass is 464 g/mol. The molecule has 1 N–H and O–H groups in total. The van der Waals surface area contributed by atoms with Crippen molar-refractivity contribution in [1.29, 1.82) is 0 Å². The second-order valence-electron chi connectivity index (χ2n) is 9.08. The van der Waals surface area contributed by atoms with Crippen molar-refractivity contribution in [2.24, 2.45) is 17.8 Å². The van der Waals surface area contributed by atoms with Crippen LogP contribution in [0, 0.1) is 17.8 Å². The predicted molar refractivity (Wildman–Crippen MR) is 121 cm³/mol. The zero-order valence-corrected chi connectivity index (χ0v) is 19.2. The highest BCUT2D eigenvalue weighted by Gasteiger charge is 2.35. The lowest BCUT2D eigenvalue weighted by Gasteiger charge is -2.31. The maximum Gasteiger partial charge on any atom is 0.416 e. The SMILES string of the molecule is CC(C)C(=O)CN1CCC(C(=O)Nc2ccccc2OC2C=CC(C(F)(F)F)=CC2C)CC1. The number of para-hydroxylation sites is 2. The molecular weight excluding hydrogens is 433 g/mol. The lowest BCUT2D eigenvalue weighted by molar-refractivity contribution is -0.124. The number of ketones is 1. The first kappa shape index (κ1) is 25.0. The molecule has 2 aliphatic rings. The number of Topliss-reactive ketones (excluding diaryl/α,β-unsaturated/α-hetero) is 1. The Morgan fingerprint density at radius 2 is 1.85 bits per heavy atom. The Morgan fingerprint density at radius 3 is 2.45 bits per heavy atom. The summed E-state index contributed by atoms with van der Waals surface area (Å²) in [5.74, 6) is -0.155. The number of benzene rings is 1. The number of alkyl halides is 3. The summed E-state index contributed by atoms with van der Waals surface area (Å²) in [5, 5.41) is 2.92. The van der Waals surface area contributed by atoms with Gasteiger partial charge in [0.2, 0.25) is 5.91 Å². The first-order chi connectivity index (χ1) is 15.5. The molecule has 2 atom stereocenters. The fourth-order valence-corrected chi connectivity index (χ4v) is 3.95. The summed E-state index contributed by atoms with van der Waals surface area (Å²) in [6, 6.07) is 6.94. The lowest BCUT2D eigenvalue weighted by Crippen LogP contribution is -2.41. The van der Waals surface area contributed by atoms with Crippen LogP contribution in [0.5, 0.6) is 5.75 Å². The summed E-state index contributed by atoms with van der Waals surface area (Å²) in [6.07, 6.45) is -0.0513. The Labute approximate surface area is 192 Å². The first-order valence-electron chi connectivity index (χ1n) is 11.3. The van der Waals surface area contributed by atoms with Crippen LogP contribution in [0.3, 0.4) is 0 Å². The third kappa shape index (κ3) is 6.69. The van der Waals surface area contributed by atoms with Crippen molar-refractivity contribution in [2.75, 3.05) is 25.0 Å². The van der Waals surface area contributed by atoms with Gasteiger partial charge < -0.3 is 10.1 Å². The quantitative estimate of drug-likeness (QED) is 0.617. The van der Waals surface area contributed by atoms with E-state index in [0.717, 1.165) is 12.2 Å². The largest absolute Gasteiger partial charge is 0.484 e. The summed E-state index contributed by atoms with van der Waals surface area (Å²) in [7, 11) is 0. The van der Waals surface area contributed by atoms with Gasteiger partial charge in [-0.2, -0.15) is 13.2 Å². The number of carbonyl (C=O) groups excluding carboxylic acids is 2. The van der Waals surface area contributed by atoms with Crippen molar-refractivity contribution < 1.29 is 27.5 Å². The van der Waals surface area contributed by atoms with Gasteiger partial charge in [0.25, 0.3) is 0 Å². The molecule has 0 radical (unpaired) electrons. The van der Waals surface area contributed by atoms with Gasteiger partial charge in [0.1, 0.15) is 17.6 Å². The maximum atomic E-state index is 12.9. The molecule has 33 heavy (non-hydrogen) atoms. The van der Waals surface area contributed by atoms with Crippen LogP contribution in [0.1, 0.15) is 33.6 Å². The van der Waals surface area contributed by atoms with E-state index >= 15 is 0 Å². The second kappa shape index (κ2) is 10.5. The van der Waals surface area contributed by atoms with Crippen LogP contribution < -0.4 is 10.1 Å². The molecule has 2 unspecified atom stereocenters. The van der Waals surface area contributed by atoms with Gasteiger partial charge in [-0.25, -0.2) is 0 Å². The molecule has 1 amide bonds. The molecule has 1 fully saturated rings. The minimum absolute atomic E-state index is 0.000192. The molecule has 1 aliphatic carbocycles. The number of amides is 1. The molecule has 3 rings (SSSR count). The summed E-state index contributed by atoms with van der Waals surface area (Å²) < 4.78 is 44.8. The Hall–Kier alpha value is -2.61. The van der Waals surface area contributed by atoms with E-state index < -0.39 is 23.8 Å². The van der Waals surface area contributed by atoms with Gasteiger partial charge in [-0.05, 0) is 44.1 Å². The van der Waals surface area contributed by atoms with Crippen LogP contribution >= 0.6 is 0 Å².